The van der Waals surface area contributed by atoms with E-state index in [-0.39, 0.29) is 37.0 Å². The van der Waals surface area contributed by atoms with Gasteiger partial charge in [-0.3, -0.25) is 4.79 Å². The van der Waals surface area contributed by atoms with Crippen molar-refractivity contribution in [3.8, 4) is 0 Å². The van der Waals surface area contributed by atoms with Crippen molar-refractivity contribution in [3.63, 3.8) is 0 Å². The molecule has 0 spiro atoms. The van der Waals surface area contributed by atoms with Gasteiger partial charge in [0.2, 0.25) is 10.0 Å². The standard InChI is InChI=1S/C19H21FN2O3S/c1-14-7-8-16(13-15(14)2)19(23)21-9-11-22(12-10-21)26(24,25)18-6-4-3-5-17(18)20/h3-8,13H,9-12H2,1-2H3. The Morgan fingerprint density at radius 3 is 2.23 bits per heavy atom. The molecule has 0 unspecified atom stereocenters. The molecule has 5 nitrogen and oxygen atoms in total. The van der Waals surface area contributed by atoms with Crippen LogP contribution in [0.4, 0.5) is 4.39 Å². The molecule has 1 amide bonds. The number of carbonyl (C=O) groups excluding carboxylic acids is 1. The fourth-order valence-corrected chi connectivity index (χ4v) is 4.47. The first kappa shape index (κ1) is 18.5. The molecule has 0 aromatic heterocycles. The van der Waals surface area contributed by atoms with Crippen molar-refractivity contribution in [1.82, 2.24) is 9.21 Å². The van der Waals surface area contributed by atoms with Crippen LogP contribution in [0, 0.1) is 19.7 Å². The number of amides is 1. The average Bonchev–Trinajstić information content (AvgIpc) is 2.63. The molecule has 1 fully saturated rings. The van der Waals surface area contributed by atoms with Crippen molar-refractivity contribution in [2.45, 2.75) is 18.7 Å². The minimum atomic E-state index is -3.90. The molecule has 138 valence electrons. The number of hydrogen-bond donors (Lipinski definition) is 0. The van der Waals surface area contributed by atoms with Gasteiger partial charge in [0.15, 0.2) is 0 Å². The fraction of sp³-hybridized carbons (Fsp3) is 0.316. The van der Waals surface area contributed by atoms with Crippen LogP contribution in [0.2, 0.25) is 0 Å². The Hall–Kier alpha value is -2.25. The topological polar surface area (TPSA) is 57.7 Å². The monoisotopic (exact) mass is 376 g/mol. The molecule has 1 heterocycles. The summed E-state index contributed by atoms with van der Waals surface area (Å²) in [6.07, 6.45) is 0. The molecule has 0 bridgehead atoms. The van der Waals surface area contributed by atoms with Crippen molar-refractivity contribution < 1.29 is 17.6 Å². The van der Waals surface area contributed by atoms with Crippen molar-refractivity contribution in [2.75, 3.05) is 26.2 Å². The van der Waals surface area contributed by atoms with Crippen LogP contribution in [-0.4, -0.2) is 49.7 Å². The Labute approximate surface area is 153 Å². The Balaban J connectivity index is 1.72. The zero-order chi connectivity index (χ0) is 18.9. The second kappa shape index (κ2) is 7.17. The predicted molar refractivity (Wildman–Crippen MR) is 97.0 cm³/mol. The first-order valence-electron chi connectivity index (χ1n) is 8.42. The molecule has 2 aromatic carbocycles. The maximum absolute atomic E-state index is 13.9. The summed E-state index contributed by atoms with van der Waals surface area (Å²) < 4.78 is 40.3. The summed E-state index contributed by atoms with van der Waals surface area (Å²) in [6, 6.07) is 10.9. The van der Waals surface area contributed by atoms with Gasteiger partial charge >= 0.3 is 0 Å². The van der Waals surface area contributed by atoms with Gasteiger partial charge in [-0.25, -0.2) is 12.8 Å². The summed E-state index contributed by atoms with van der Waals surface area (Å²) in [6.45, 7) is 4.78. The van der Waals surface area contributed by atoms with E-state index in [1.54, 1.807) is 11.0 Å². The molecule has 2 aromatic rings. The first-order valence-corrected chi connectivity index (χ1v) is 9.86. The smallest absolute Gasteiger partial charge is 0.253 e. The minimum Gasteiger partial charge on any atom is -0.336 e. The molecule has 0 saturated carbocycles. The largest absolute Gasteiger partial charge is 0.336 e. The fourth-order valence-electron chi connectivity index (χ4n) is 2.98. The van der Waals surface area contributed by atoms with Crippen molar-refractivity contribution >= 4 is 15.9 Å². The van der Waals surface area contributed by atoms with Gasteiger partial charge in [-0.1, -0.05) is 18.2 Å². The number of sulfonamides is 1. The number of rotatable bonds is 3. The van der Waals surface area contributed by atoms with Crippen LogP contribution >= 0.6 is 0 Å². The number of halogens is 1. The van der Waals surface area contributed by atoms with Gasteiger partial charge < -0.3 is 4.90 Å². The van der Waals surface area contributed by atoms with Gasteiger partial charge in [0.1, 0.15) is 10.7 Å². The van der Waals surface area contributed by atoms with Crippen LogP contribution in [-0.2, 0) is 10.0 Å². The molecule has 1 aliphatic rings. The van der Waals surface area contributed by atoms with Crippen LogP contribution in [0.15, 0.2) is 47.4 Å². The number of nitrogens with zero attached hydrogens (tertiary/aromatic N) is 2. The van der Waals surface area contributed by atoms with E-state index >= 15 is 0 Å². The molecular weight excluding hydrogens is 355 g/mol. The average molecular weight is 376 g/mol. The molecule has 0 aliphatic carbocycles. The molecule has 1 saturated heterocycles. The lowest BCUT2D eigenvalue weighted by Crippen LogP contribution is -2.50. The molecule has 0 atom stereocenters. The number of hydrogen-bond acceptors (Lipinski definition) is 3. The van der Waals surface area contributed by atoms with Gasteiger partial charge in [0.25, 0.3) is 5.91 Å². The van der Waals surface area contributed by atoms with E-state index in [1.807, 2.05) is 26.0 Å². The van der Waals surface area contributed by atoms with Gasteiger partial charge in [0, 0.05) is 31.7 Å². The molecule has 7 heteroatoms. The van der Waals surface area contributed by atoms with Gasteiger partial charge in [-0.15, -0.1) is 0 Å². The van der Waals surface area contributed by atoms with Crippen molar-refractivity contribution in [1.29, 1.82) is 0 Å². The number of carbonyl (C=O) groups is 1. The normalized spacial score (nSPS) is 15.9. The van der Waals surface area contributed by atoms with Gasteiger partial charge in [-0.2, -0.15) is 4.31 Å². The van der Waals surface area contributed by atoms with E-state index in [0.717, 1.165) is 17.2 Å². The minimum absolute atomic E-state index is 0.115. The quantitative estimate of drug-likeness (QED) is 0.827. The van der Waals surface area contributed by atoms with E-state index in [2.05, 4.69) is 0 Å². The Morgan fingerprint density at radius 2 is 1.62 bits per heavy atom. The second-order valence-corrected chi connectivity index (χ2v) is 8.33. The molecule has 3 rings (SSSR count). The highest BCUT2D eigenvalue weighted by atomic mass is 32.2. The third kappa shape index (κ3) is 3.50. The van der Waals surface area contributed by atoms with Crippen LogP contribution in [0.25, 0.3) is 0 Å². The van der Waals surface area contributed by atoms with Crippen molar-refractivity contribution in [3.05, 3.63) is 65.0 Å². The van der Waals surface area contributed by atoms with E-state index in [0.29, 0.717) is 5.56 Å². The lowest BCUT2D eigenvalue weighted by molar-refractivity contribution is 0.0697. The lowest BCUT2D eigenvalue weighted by atomic mass is 10.1. The highest BCUT2D eigenvalue weighted by molar-refractivity contribution is 7.89. The van der Waals surface area contributed by atoms with Gasteiger partial charge in [0.05, 0.1) is 0 Å². The summed E-state index contributed by atoms with van der Waals surface area (Å²) in [5.74, 6) is -0.878. The van der Waals surface area contributed by atoms with E-state index in [1.165, 1.54) is 22.5 Å². The first-order chi connectivity index (χ1) is 12.3. The number of benzene rings is 2. The molecule has 0 radical (unpaired) electrons. The second-order valence-electron chi connectivity index (χ2n) is 6.43. The molecule has 26 heavy (non-hydrogen) atoms. The Bertz CT molecular complexity index is 936. The van der Waals surface area contributed by atoms with Gasteiger partial charge in [-0.05, 0) is 49.2 Å². The predicted octanol–water partition coefficient (Wildman–Crippen LogP) is 2.59. The van der Waals surface area contributed by atoms with Crippen molar-refractivity contribution in [2.24, 2.45) is 0 Å². The van der Waals surface area contributed by atoms with Crippen LogP contribution in [0.3, 0.4) is 0 Å². The zero-order valence-electron chi connectivity index (χ0n) is 14.8. The maximum atomic E-state index is 13.9. The zero-order valence-corrected chi connectivity index (χ0v) is 15.6. The lowest BCUT2D eigenvalue weighted by Gasteiger charge is -2.34. The maximum Gasteiger partial charge on any atom is 0.253 e. The highest BCUT2D eigenvalue weighted by Crippen LogP contribution is 2.21. The summed E-state index contributed by atoms with van der Waals surface area (Å²) >= 11 is 0. The Kier molecular flexibility index (Phi) is 5.11. The third-order valence-corrected chi connectivity index (χ3v) is 6.67. The molecular formula is C19H21FN2O3S. The third-order valence-electron chi connectivity index (χ3n) is 4.73. The molecule has 1 aliphatic heterocycles. The molecule has 0 N–H and O–H groups in total. The van der Waals surface area contributed by atoms with Crippen LogP contribution < -0.4 is 0 Å². The highest BCUT2D eigenvalue weighted by Gasteiger charge is 2.32. The summed E-state index contributed by atoms with van der Waals surface area (Å²) in [5, 5.41) is 0. The number of aryl methyl sites for hydroxylation is 2. The van der Waals surface area contributed by atoms with Crippen LogP contribution in [0.5, 0.6) is 0 Å². The van der Waals surface area contributed by atoms with E-state index < -0.39 is 15.8 Å². The summed E-state index contributed by atoms with van der Waals surface area (Å²) in [7, 11) is -3.90. The summed E-state index contributed by atoms with van der Waals surface area (Å²) in [5.41, 5.74) is 2.75. The summed E-state index contributed by atoms with van der Waals surface area (Å²) in [4.78, 5) is 14.0. The van der Waals surface area contributed by atoms with E-state index in [4.69, 9.17) is 0 Å². The Morgan fingerprint density at radius 1 is 0.962 bits per heavy atom. The van der Waals surface area contributed by atoms with E-state index in [9.17, 15) is 17.6 Å². The van der Waals surface area contributed by atoms with Crippen LogP contribution in [0.1, 0.15) is 21.5 Å². The SMILES string of the molecule is Cc1ccc(C(=O)N2CCN(S(=O)(=O)c3ccccc3F)CC2)cc1C. The number of piperazine rings is 1.